The first-order valence-electron chi connectivity index (χ1n) is 9.88. The standard InChI is InChI=1S/C24H30O6S/c1-17(2)15-27-19(5)29-21-7-11-23(12-8-21)31(25,26)24-13-9-22(10-14-24)30-20(6)28-16-18(3)4/h7-14,19-20H,1,3,15-16H2,2,4-6H3. The number of sulfone groups is 1. The molecule has 0 bridgehead atoms. The van der Waals surface area contributed by atoms with Crippen molar-refractivity contribution in [1.29, 1.82) is 0 Å². The van der Waals surface area contributed by atoms with Crippen LogP contribution in [0.1, 0.15) is 27.7 Å². The fourth-order valence-electron chi connectivity index (χ4n) is 2.50. The largest absolute Gasteiger partial charge is 0.465 e. The normalized spacial score (nSPS) is 13.3. The van der Waals surface area contributed by atoms with Crippen LogP contribution in [0, 0.1) is 0 Å². The lowest BCUT2D eigenvalue weighted by molar-refractivity contribution is -0.0575. The fourth-order valence-corrected chi connectivity index (χ4v) is 3.76. The minimum atomic E-state index is -3.67. The van der Waals surface area contributed by atoms with Gasteiger partial charge in [-0.2, -0.15) is 0 Å². The molecule has 0 fully saturated rings. The topological polar surface area (TPSA) is 71.1 Å². The molecular formula is C24H30O6S. The summed E-state index contributed by atoms with van der Waals surface area (Å²) in [5.74, 6) is 1.03. The van der Waals surface area contributed by atoms with Gasteiger partial charge in [0.05, 0.1) is 23.0 Å². The Morgan fingerprint density at radius 3 is 1.35 bits per heavy atom. The van der Waals surface area contributed by atoms with E-state index in [1.54, 1.807) is 38.1 Å². The van der Waals surface area contributed by atoms with E-state index in [2.05, 4.69) is 13.2 Å². The maximum Gasteiger partial charge on any atom is 0.206 e. The second-order valence-electron chi connectivity index (χ2n) is 7.35. The van der Waals surface area contributed by atoms with Crippen molar-refractivity contribution >= 4 is 9.84 Å². The van der Waals surface area contributed by atoms with Crippen LogP contribution in [-0.4, -0.2) is 34.2 Å². The van der Waals surface area contributed by atoms with E-state index in [1.807, 2.05) is 13.8 Å². The molecule has 7 heteroatoms. The zero-order valence-electron chi connectivity index (χ0n) is 18.5. The SMILES string of the molecule is C=C(C)COC(C)Oc1ccc(S(=O)(=O)c2ccc(OC(C)OCC(=C)C)cc2)cc1. The molecule has 6 nitrogen and oxygen atoms in total. The highest BCUT2D eigenvalue weighted by atomic mass is 32.2. The molecule has 0 aliphatic rings. The van der Waals surface area contributed by atoms with Crippen molar-refractivity contribution in [1.82, 2.24) is 0 Å². The number of benzene rings is 2. The second kappa shape index (κ2) is 11.1. The van der Waals surface area contributed by atoms with Gasteiger partial charge in [0, 0.05) is 0 Å². The summed E-state index contributed by atoms with van der Waals surface area (Å²) in [6.45, 7) is 15.6. The first kappa shape index (κ1) is 24.7. The van der Waals surface area contributed by atoms with Crippen LogP contribution in [0.15, 0.2) is 82.6 Å². The Hall–Kier alpha value is -2.61. The molecule has 0 saturated heterocycles. The van der Waals surface area contributed by atoms with Crippen LogP contribution in [0.2, 0.25) is 0 Å². The van der Waals surface area contributed by atoms with Crippen molar-refractivity contribution in [3.8, 4) is 11.5 Å². The average molecular weight is 447 g/mol. The van der Waals surface area contributed by atoms with E-state index < -0.39 is 22.4 Å². The summed E-state index contributed by atoms with van der Waals surface area (Å²) < 4.78 is 48.0. The van der Waals surface area contributed by atoms with Crippen molar-refractivity contribution in [2.24, 2.45) is 0 Å². The predicted molar refractivity (Wildman–Crippen MR) is 120 cm³/mol. The van der Waals surface area contributed by atoms with E-state index in [1.165, 1.54) is 24.3 Å². The van der Waals surface area contributed by atoms with E-state index in [0.717, 1.165) is 11.1 Å². The molecule has 0 radical (unpaired) electrons. The summed E-state index contributed by atoms with van der Waals surface area (Å²) >= 11 is 0. The van der Waals surface area contributed by atoms with Crippen LogP contribution in [0.25, 0.3) is 0 Å². The molecule has 2 atom stereocenters. The second-order valence-corrected chi connectivity index (χ2v) is 9.30. The van der Waals surface area contributed by atoms with Crippen molar-refractivity contribution in [3.05, 3.63) is 72.8 Å². The Kier molecular flexibility index (Phi) is 8.86. The van der Waals surface area contributed by atoms with Gasteiger partial charge in [0.25, 0.3) is 0 Å². The smallest absolute Gasteiger partial charge is 0.206 e. The van der Waals surface area contributed by atoms with E-state index in [0.29, 0.717) is 24.7 Å². The van der Waals surface area contributed by atoms with Crippen LogP contribution >= 0.6 is 0 Å². The third-order valence-corrected chi connectivity index (χ3v) is 5.79. The number of hydrogen-bond donors (Lipinski definition) is 0. The zero-order valence-corrected chi connectivity index (χ0v) is 19.3. The van der Waals surface area contributed by atoms with Gasteiger partial charge in [-0.25, -0.2) is 8.42 Å². The van der Waals surface area contributed by atoms with Crippen LogP contribution in [0.5, 0.6) is 11.5 Å². The van der Waals surface area contributed by atoms with Crippen LogP contribution < -0.4 is 9.47 Å². The lowest BCUT2D eigenvalue weighted by atomic mass is 10.3. The maximum atomic E-state index is 12.9. The predicted octanol–water partition coefficient (Wildman–Crippen LogP) is 5.15. The fraction of sp³-hybridized carbons (Fsp3) is 0.333. The molecule has 2 rings (SSSR count). The third kappa shape index (κ3) is 7.86. The minimum absolute atomic E-state index is 0.169. The van der Waals surface area contributed by atoms with Gasteiger partial charge >= 0.3 is 0 Å². The van der Waals surface area contributed by atoms with Gasteiger partial charge in [0.1, 0.15) is 11.5 Å². The molecule has 0 saturated carbocycles. The van der Waals surface area contributed by atoms with Gasteiger partial charge < -0.3 is 18.9 Å². The average Bonchev–Trinajstić information content (AvgIpc) is 2.71. The summed E-state index contributed by atoms with van der Waals surface area (Å²) in [6.07, 6.45) is -0.957. The highest BCUT2D eigenvalue weighted by Crippen LogP contribution is 2.25. The monoisotopic (exact) mass is 446 g/mol. The maximum absolute atomic E-state index is 12.9. The number of hydrogen-bond acceptors (Lipinski definition) is 6. The first-order valence-corrected chi connectivity index (χ1v) is 11.4. The highest BCUT2D eigenvalue weighted by molar-refractivity contribution is 7.91. The van der Waals surface area contributed by atoms with Crippen molar-refractivity contribution in [2.45, 2.75) is 50.1 Å². The Balaban J connectivity index is 2.02. The number of ether oxygens (including phenoxy) is 4. The van der Waals surface area contributed by atoms with Gasteiger partial charge in [-0.3, -0.25) is 0 Å². The van der Waals surface area contributed by atoms with Gasteiger partial charge in [0.15, 0.2) is 12.6 Å². The van der Waals surface area contributed by atoms with Gasteiger partial charge in [0.2, 0.25) is 9.84 Å². The molecule has 0 aromatic heterocycles. The van der Waals surface area contributed by atoms with Crippen LogP contribution in [0.4, 0.5) is 0 Å². The molecule has 0 N–H and O–H groups in total. The van der Waals surface area contributed by atoms with Gasteiger partial charge in [-0.15, -0.1) is 0 Å². The molecule has 2 aromatic carbocycles. The molecule has 0 spiro atoms. The molecular weight excluding hydrogens is 416 g/mol. The van der Waals surface area contributed by atoms with E-state index in [-0.39, 0.29) is 9.79 Å². The molecule has 0 amide bonds. The lowest BCUT2D eigenvalue weighted by Crippen LogP contribution is -2.17. The highest BCUT2D eigenvalue weighted by Gasteiger charge is 2.18. The zero-order chi connectivity index (χ0) is 23.0. The minimum Gasteiger partial charge on any atom is -0.465 e. The molecule has 2 aromatic rings. The van der Waals surface area contributed by atoms with Crippen LogP contribution in [0.3, 0.4) is 0 Å². The Labute approximate surface area is 185 Å². The van der Waals surface area contributed by atoms with Gasteiger partial charge in [-0.05, 0) is 76.2 Å². The van der Waals surface area contributed by atoms with Crippen molar-refractivity contribution in [3.63, 3.8) is 0 Å². The molecule has 168 valence electrons. The molecule has 2 unspecified atom stereocenters. The Bertz CT molecular complexity index is 902. The molecule has 31 heavy (non-hydrogen) atoms. The molecule has 0 aliphatic heterocycles. The van der Waals surface area contributed by atoms with E-state index in [9.17, 15) is 8.42 Å². The third-order valence-electron chi connectivity index (χ3n) is 4.00. The molecule has 0 heterocycles. The van der Waals surface area contributed by atoms with E-state index in [4.69, 9.17) is 18.9 Å². The van der Waals surface area contributed by atoms with Crippen LogP contribution in [-0.2, 0) is 19.3 Å². The van der Waals surface area contributed by atoms with Gasteiger partial charge in [-0.1, -0.05) is 24.3 Å². The summed E-state index contributed by atoms with van der Waals surface area (Å²) in [5.41, 5.74) is 1.78. The summed E-state index contributed by atoms with van der Waals surface area (Å²) in [7, 11) is -3.67. The summed E-state index contributed by atoms with van der Waals surface area (Å²) in [6, 6.07) is 12.4. The van der Waals surface area contributed by atoms with Crippen molar-refractivity contribution < 1.29 is 27.4 Å². The lowest BCUT2D eigenvalue weighted by Gasteiger charge is -2.16. The summed E-state index contributed by atoms with van der Waals surface area (Å²) in [5, 5.41) is 0. The molecule has 0 aliphatic carbocycles. The quantitative estimate of drug-likeness (QED) is 0.331. The van der Waals surface area contributed by atoms with Crippen molar-refractivity contribution in [2.75, 3.05) is 13.2 Å². The Morgan fingerprint density at radius 2 is 1.06 bits per heavy atom. The summed E-state index contributed by atoms with van der Waals surface area (Å²) in [4.78, 5) is 0.337. The number of rotatable bonds is 12. The van der Waals surface area contributed by atoms with E-state index >= 15 is 0 Å². The first-order chi connectivity index (χ1) is 14.6. The Morgan fingerprint density at radius 1 is 0.742 bits per heavy atom.